The second-order valence-electron chi connectivity index (χ2n) is 7.43. The van der Waals surface area contributed by atoms with E-state index in [1.807, 2.05) is 24.3 Å². The van der Waals surface area contributed by atoms with E-state index < -0.39 is 0 Å². The number of hydrogen-bond donors (Lipinski definition) is 0. The first-order valence-electron chi connectivity index (χ1n) is 9.87. The van der Waals surface area contributed by atoms with Gasteiger partial charge in [0.05, 0.1) is 0 Å². The molecule has 2 aliphatic carbocycles. The van der Waals surface area contributed by atoms with Crippen molar-refractivity contribution in [3.8, 4) is 11.1 Å². The molecular formula is C28H17NZr. The first kappa shape index (κ1) is 19.2. The monoisotopic (exact) mass is 457 g/mol. The van der Waals surface area contributed by atoms with Gasteiger partial charge in [-0.15, -0.1) is 35.4 Å². The summed E-state index contributed by atoms with van der Waals surface area (Å²) in [7, 11) is 0. The van der Waals surface area contributed by atoms with Crippen molar-refractivity contribution in [2.75, 3.05) is 0 Å². The minimum absolute atomic E-state index is 0. The van der Waals surface area contributed by atoms with Crippen LogP contribution >= 0.6 is 0 Å². The van der Waals surface area contributed by atoms with Gasteiger partial charge < -0.3 is 4.99 Å². The first-order valence-corrected chi connectivity index (χ1v) is 9.87. The Labute approximate surface area is 195 Å². The van der Waals surface area contributed by atoms with E-state index in [9.17, 15) is 0 Å². The summed E-state index contributed by atoms with van der Waals surface area (Å²) in [6.07, 6.45) is 3.20. The van der Waals surface area contributed by atoms with E-state index in [0.29, 0.717) is 0 Å². The van der Waals surface area contributed by atoms with Crippen LogP contribution in [0.25, 0.3) is 22.8 Å². The molecule has 0 saturated carbocycles. The third-order valence-corrected chi connectivity index (χ3v) is 5.72. The van der Waals surface area contributed by atoms with Gasteiger partial charge in [0.1, 0.15) is 0 Å². The van der Waals surface area contributed by atoms with Crippen LogP contribution < -0.4 is 10.4 Å². The fraction of sp³-hybridized carbons (Fsp3) is 0.0357. The molecule has 1 nitrogen and oxygen atoms in total. The average Bonchev–Trinajstić information content (AvgIpc) is 3.43. The Morgan fingerprint density at radius 2 is 1.50 bits per heavy atom. The number of rotatable bonds is 0. The van der Waals surface area contributed by atoms with Crippen LogP contribution in [-0.2, 0) is 32.6 Å². The van der Waals surface area contributed by atoms with Crippen LogP contribution in [0.1, 0.15) is 16.7 Å². The molecule has 0 fully saturated rings. The van der Waals surface area contributed by atoms with E-state index in [-0.39, 0.29) is 26.2 Å². The Kier molecular flexibility index (Phi) is 4.97. The van der Waals surface area contributed by atoms with Gasteiger partial charge >= 0.3 is 26.2 Å². The third-order valence-electron chi connectivity index (χ3n) is 5.72. The predicted molar refractivity (Wildman–Crippen MR) is 119 cm³/mol. The van der Waals surface area contributed by atoms with Gasteiger partial charge in [-0.2, -0.15) is 29.8 Å². The average molecular weight is 459 g/mol. The predicted octanol–water partition coefficient (Wildman–Crippen LogP) is 4.62. The summed E-state index contributed by atoms with van der Waals surface area (Å²) in [6, 6.07) is 35.8. The molecular weight excluding hydrogens is 442 g/mol. The summed E-state index contributed by atoms with van der Waals surface area (Å²) >= 11 is 0. The van der Waals surface area contributed by atoms with Crippen molar-refractivity contribution in [1.29, 1.82) is 0 Å². The van der Waals surface area contributed by atoms with Crippen LogP contribution in [-0.4, -0.2) is 5.71 Å². The van der Waals surface area contributed by atoms with Crippen LogP contribution in [0.15, 0.2) is 89.9 Å². The van der Waals surface area contributed by atoms with Gasteiger partial charge in [-0.1, -0.05) is 70.4 Å². The van der Waals surface area contributed by atoms with Crippen molar-refractivity contribution >= 4 is 23.0 Å². The number of aliphatic imine (C=N–C) groups is 1. The molecule has 7 rings (SSSR count). The third kappa shape index (κ3) is 3.07. The minimum atomic E-state index is 0. The Morgan fingerprint density at radius 3 is 2.47 bits per heavy atom. The van der Waals surface area contributed by atoms with Gasteiger partial charge in [-0.25, -0.2) is 0 Å². The van der Waals surface area contributed by atoms with Crippen molar-refractivity contribution < 1.29 is 26.2 Å². The molecule has 0 amide bonds. The van der Waals surface area contributed by atoms with E-state index >= 15 is 0 Å². The first-order chi connectivity index (χ1) is 14.4. The standard InChI is InChI=1S/C15H8N.C13H9.Zr/c1-2-6-11-10(5-1)9-14-15(11)12-7-3-4-8-13(12)16-14;1-3-7-12-10(5-1)9-11-6-2-4-8-13(11)12;/h1-6,8-9H;1-5,7-8H,9H2;/q2*-1;+2. The Hall–Kier alpha value is -2.83. The molecule has 0 aromatic heterocycles. The molecule has 30 heavy (non-hydrogen) atoms. The van der Waals surface area contributed by atoms with Crippen LogP contribution in [0.5, 0.6) is 0 Å². The molecule has 1 heterocycles. The molecule has 4 aromatic rings. The zero-order valence-electron chi connectivity index (χ0n) is 16.3. The van der Waals surface area contributed by atoms with Gasteiger partial charge in [0.2, 0.25) is 0 Å². The molecule has 4 aromatic carbocycles. The van der Waals surface area contributed by atoms with Crippen molar-refractivity contribution in [2.24, 2.45) is 4.99 Å². The van der Waals surface area contributed by atoms with Crippen LogP contribution in [0.4, 0.5) is 5.69 Å². The molecule has 0 N–H and O–H groups in total. The molecule has 2 heteroatoms. The number of hydrogen-bond acceptors (Lipinski definition) is 1. The second kappa shape index (κ2) is 7.78. The fourth-order valence-electron chi connectivity index (χ4n) is 4.41. The number of benzene rings is 4. The van der Waals surface area contributed by atoms with Crippen LogP contribution in [0, 0.1) is 12.1 Å². The number of fused-ring (bicyclic) bond motifs is 7. The largest absolute Gasteiger partial charge is 2.00 e. The molecule has 0 bridgehead atoms. The zero-order valence-corrected chi connectivity index (χ0v) is 18.8. The molecule has 0 spiro atoms. The Morgan fingerprint density at radius 1 is 0.733 bits per heavy atom. The maximum Gasteiger partial charge on any atom is 2.00 e. The Bertz CT molecular complexity index is 1390. The van der Waals surface area contributed by atoms with E-state index in [0.717, 1.165) is 23.4 Å². The van der Waals surface area contributed by atoms with Gasteiger partial charge in [0, 0.05) is 5.71 Å². The van der Waals surface area contributed by atoms with Gasteiger partial charge in [0.25, 0.3) is 0 Å². The number of nitrogens with zero attached hydrogens (tertiary/aromatic N) is 1. The smallest absolute Gasteiger partial charge is 0.307 e. The molecule has 3 aliphatic rings. The fourth-order valence-corrected chi connectivity index (χ4v) is 4.41. The SMILES string of the molecule is [Zr+2].[c-]1cccc2c1C1=c3ccccc3=CC1=N2.[c-]1cccc2c1Cc1ccccc1-2. The normalized spacial score (nSPS) is 13.3. The van der Waals surface area contributed by atoms with E-state index in [4.69, 9.17) is 0 Å². The quantitative estimate of drug-likeness (QED) is 0.300. The minimum Gasteiger partial charge on any atom is -0.307 e. The summed E-state index contributed by atoms with van der Waals surface area (Å²) in [5, 5.41) is 2.54. The summed E-state index contributed by atoms with van der Waals surface area (Å²) in [5.74, 6) is 0. The van der Waals surface area contributed by atoms with Crippen molar-refractivity contribution in [1.82, 2.24) is 0 Å². The van der Waals surface area contributed by atoms with Crippen molar-refractivity contribution in [2.45, 2.75) is 6.42 Å². The van der Waals surface area contributed by atoms with Gasteiger partial charge in [-0.05, 0) is 23.4 Å². The van der Waals surface area contributed by atoms with E-state index in [2.05, 4.69) is 83.9 Å². The van der Waals surface area contributed by atoms with Gasteiger partial charge in [0.15, 0.2) is 0 Å². The van der Waals surface area contributed by atoms with E-state index in [1.165, 1.54) is 38.3 Å². The topological polar surface area (TPSA) is 12.4 Å². The maximum atomic E-state index is 4.62. The summed E-state index contributed by atoms with van der Waals surface area (Å²) in [5.41, 5.74) is 10.0. The molecule has 0 unspecified atom stereocenters. The maximum absolute atomic E-state index is 4.62. The Balaban J connectivity index is 0.000000127. The summed E-state index contributed by atoms with van der Waals surface area (Å²) in [6.45, 7) is 0. The summed E-state index contributed by atoms with van der Waals surface area (Å²) in [4.78, 5) is 4.62. The molecule has 0 radical (unpaired) electrons. The van der Waals surface area contributed by atoms with Crippen LogP contribution in [0.3, 0.4) is 0 Å². The molecule has 0 atom stereocenters. The molecule has 0 saturated heterocycles. The van der Waals surface area contributed by atoms with Crippen molar-refractivity contribution in [3.05, 3.63) is 124 Å². The summed E-state index contributed by atoms with van der Waals surface area (Å²) < 4.78 is 0. The molecule has 138 valence electrons. The van der Waals surface area contributed by atoms with Crippen LogP contribution in [0.2, 0.25) is 0 Å². The second-order valence-corrected chi connectivity index (χ2v) is 7.43. The van der Waals surface area contributed by atoms with Crippen molar-refractivity contribution in [3.63, 3.8) is 0 Å². The zero-order chi connectivity index (χ0) is 19.2. The van der Waals surface area contributed by atoms with E-state index in [1.54, 1.807) is 0 Å². The molecule has 1 aliphatic heterocycles. The van der Waals surface area contributed by atoms with Gasteiger partial charge in [-0.3, -0.25) is 0 Å².